The van der Waals surface area contributed by atoms with E-state index in [9.17, 15) is 9.90 Å². The zero-order chi connectivity index (χ0) is 10.6. The number of hydrogen-bond acceptors (Lipinski definition) is 3. The maximum Gasteiger partial charge on any atom is 0.411 e. The number of carbonyl (C=O) groups is 1. The first-order valence-corrected chi connectivity index (χ1v) is 4.37. The molecule has 2 N–H and O–H groups in total. The van der Waals surface area contributed by atoms with Crippen molar-refractivity contribution in [2.75, 3.05) is 11.9 Å². The van der Waals surface area contributed by atoms with Crippen molar-refractivity contribution >= 4 is 11.8 Å². The molecule has 0 radical (unpaired) electrons. The molecule has 0 aliphatic carbocycles. The molecule has 0 aromatic heterocycles. The van der Waals surface area contributed by atoms with Gasteiger partial charge in [-0.05, 0) is 37.6 Å². The Morgan fingerprint density at radius 3 is 2.86 bits per heavy atom. The molecular formula is C10H13NO3. The monoisotopic (exact) mass is 195 g/mol. The van der Waals surface area contributed by atoms with Crippen molar-refractivity contribution in [3.63, 3.8) is 0 Å². The molecule has 14 heavy (non-hydrogen) atoms. The molecular weight excluding hydrogens is 182 g/mol. The number of ether oxygens (including phenoxy) is 1. The molecule has 1 aromatic carbocycles. The normalized spacial score (nSPS) is 9.57. The van der Waals surface area contributed by atoms with Crippen LogP contribution in [0.5, 0.6) is 5.75 Å². The molecule has 0 aliphatic heterocycles. The summed E-state index contributed by atoms with van der Waals surface area (Å²) in [5, 5.41) is 11.8. The van der Waals surface area contributed by atoms with Crippen molar-refractivity contribution in [1.29, 1.82) is 0 Å². The van der Waals surface area contributed by atoms with E-state index in [4.69, 9.17) is 4.74 Å². The molecule has 0 saturated heterocycles. The lowest BCUT2D eigenvalue weighted by molar-refractivity contribution is 0.168. The van der Waals surface area contributed by atoms with E-state index in [0.29, 0.717) is 17.9 Å². The average molecular weight is 195 g/mol. The fraction of sp³-hybridized carbons (Fsp3) is 0.300. The first kappa shape index (κ1) is 10.4. The highest BCUT2D eigenvalue weighted by atomic mass is 16.5. The minimum atomic E-state index is -0.488. The second kappa shape index (κ2) is 4.50. The topological polar surface area (TPSA) is 58.6 Å². The summed E-state index contributed by atoms with van der Waals surface area (Å²) in [7, 11) is 0. The van der Waals surface area contributed by atoms with Crippen LogP contribution in [0.2, 0.25) is 0 Å². The van der Waals surface area contributed by atoms with Crippen molar-refractivity contribution in [3.05, 3.63) is 23.8 Å². The van der Waals surface area contributed by atoms with Crippen molar-refractivity contribution in [2.24, 2.45) is 0 Å². The molecule has 4 heteroatoms. The molecule has 0 aliphatic rings. The van der Waals surface area contributed by atoms with Gasteiger partial charge in [0.1, 0.15) is 5.75 Å². The number of rotatable bonds is 2. The molecule has 0 fully saturated rings. The lowest BCUT2D eigenvalue weighted by Crippen LogP contribution is -2.13. The van der Waals surface area contributed by atoms with E-state index in [1.54, 1.807) is 26.0 Å². The number of hydrogen-bond donors (Lipinski definition) is 2. The first-order chi connectivity index (χ1) is 6.63. The second-order valence-corrected chi connectivity index (χ2v) is 2.85. The summed E-state index contributed by atoms with van der Waals surface area (Å²) in [4.78, 5) is 11.0. The molecule has 76 valence electrons. The van der Waals surface area contributed by atoms with Crippen molar-refractivity contribution in [3.8, 4) is 5.75 Å². The number of phenolic OH excluding ortho intramolecular Hbond substituents is 1. The van der Waals surface area contributed by atoms with Crippen LogP contribution in [0, 0.1) is 6.92 Å². The van der Waals surface area contributed by atoms with Gasteiger partial charge in [0.15, 0.2) is 0 Å². The van der Waals surface area contributed by atoms with Gasteiger partial charge in [0, 0.05) is 5.69 Å². The Bertz CT molecular complexity index is 336. The van der Waals surface area contributed by atoms with Crippen LogP contribution in [-0.2, 0) is 4.74 Å². The molecule has 0 spiro atoms. The van der Waals surface area contributed by atoms with Crippen molar-refractivity contribution in [1.82, 2.24) is 0 Å². The van der Waals surface area contributed by atoms with E-state index in [-0.39, 0.29) is 5.75 Å². The third-order valence-corrected chi connectivity index (χ3v) is 1.72. The van der Waals surface area contributed by atoms with E-state index in [0.717, 1.165) is 0 Å². The quantitative estimate of drug-likeness (QED) is 0.711. The fourth-order valence-corrected chi connectivity index (χ4v) is 1.02. The number of aromatic hydroxyl groups is 1. The number of carbonyl (C=O) groups excluding carboxylic acids is 1. The lowest BCUT2D eigenvalue weighted by Gasteiger charge is -2.06. The van der Waals surface area contributed by atoms with Gasteiger partial charge in [-0.3, -0.25) is 5.32 Å². The zero-order valence-corrected chi connectivity index (χ0v) is 8.20. The standard InChI is InChI=1S/C10H13NO3/c1-3-14-10(13)11-8-4-5-9(12)7(2)6-8/h4-6,12H,3H2,1-2H3,(H,11,13). The minimum absolute atomic E-state index is 0.208. The number of amides is 1. The van der Waals surface area contributed by atoms with Crippen LogP contribution in [-0.4, -0.2) is 17.8 Å². The van der Waals surface area contributed by atoms with Crippen molar-refractivity contribution < 1.29 is 14.6 Å². The molecule has 1 rings (SSSR count). The minimum Gasteiger partial charge on any atom is -0.508 e. The Kier molecular flexibility index (Phi) is 3.34. The van der Waals surface area contributed by atoms with Gasteiger partial charge in [0.25, 0.3) is 0 Å². The van der Waals surface area contributed by atoms with Crippen LogP contribution in [0.1, 0.15) is 12.5 Å². The molecule has 0 bridgehead atoms. The van der Waals surface area contributed by atoms with E-state index in [1.807, 2.05) is 0 Å². The summed E-state index contributed by atoms with van der Waals surface area (Å²) in [6, 6.07) is 4.81. The summed E-state index contributed by atoms with van der Waals surface area (Å²) >= 11 is 0. The molecule has 0 heterocycles. The van der Waals surface area contributed by atoms with Crippen LogP contribution >= 0.6 is 0 Å². The van der Waals surface area contributed by atoms with E-state index in [2.05, 4.69) is 5.32 Å². The summed E-state index contributed by atoms with van der Waals surface area (Å²) in [6.45, 7) is 3.83. The Hall–Kier alpha value is -1.71. The second-order valence-electron chi connectivity index (χ2n) is 2.85. The van der Waals surface area contributed by atoms with Crippen LogP contribution in [0.25, 0.3) is 0 Å². The highest BCUT2D eigenvalue weighted by Crippen LogP contribution is 2.19. The zero-order valence-electron chi connectivity index (χ0n) is 8.20. The van der Waals surface area contributed by atoms with Gasteiger partial charge in [-0.15, -0.1) is 0 Å². The molecule has 1 amide bonds. The summed E-state index contributed by atoms with van der Waals surface area (Å²) < 4.78 is 4.70. The molecule has 0 atom stereocenters. The Labute approximate surface area is 82.5 Å². The Morgan fingerprint density at radius 1 is 1.57 bits per heavy atom. The lowest BCUT2D eigenvalue weighted by atomic mass is 10.2. The fourth-order valence-electron chi connectivity index (χ4n) is 1.02. The van der Waals surface area contributed by atoms with Gasteiger partial charge in [0.2, 0.25) is 0 Å². The number of aryl methyl sites for hydroxylation is 1. The van der Waals surface area contributed by atoms with Gasteiger partial charge in [0.05, 0.1) is 6.61 Å². The average Bonchev–Trinajstić information content (AvgIpc) is 2.12. The van der Waals surface area contributed by atoms with Crippen LogP contribution < -0.4 is 5.32 Å². The van der Waals surface area contributed by atoms with Gasteiger partial charge < -0.3 is 9.84 Å². The number of nitrogens with one attached hydrogen (secondary N) is 1. The largest absolute Gasteiger partial charge is 0.508 e. The summed E-state index contributed by atoms with van der Waals surface area (Å²) in [5.74, 6) is 0.208. The highest BCUT2D eigenvalue weighted by molar-refractivity contribution is 5.84. The number of benzene rings is 1. The number of phenols is 1. The molecule has 4 nitrogen and oxygen atoms in total. The highest BCUT2D eigenvalue weighted by Gasteiger charge is 2.03. The maximum atomic E-state index is 11.0. The van der Waals surface area contributed by atoms with Crippen molar-refractivity contribution in [2.45, 2.75) is 13.8 Å². The van der Waals surface area contributed by atoms with Gasteiger partial charge >= 0.3 is 6.09 Å². The van der Waals surface area contributed by atoms with Gasteiger partial charge in [-0.25, -0.2) is 4.79 Å². The van der Waals surface area contributed by atoms with Gasteiger partial charge in [-0.2, -0.15) is 0 Å². The summed E-state index contributed by atoms with van der Waals surface area (Å²) in [6.07, 6.45) is -0.488. The third-order valence-electron chi connectivity index (χ3n) is 1.72. The maximum absolute atomic E-state index is 11.0. The van der Waals surface area contributed by atoms with E-state index in [1.165, 1.54) is 6.07 Å². The van der Waals surface area contributed by atoms with E-state index >= 15 is 0 Å². The first-order valence-electron chi connectivity index (χ1n) is 4.37. The predicted octanol–water partition coefficient (Wildman–Crippen LogP) is 2.27. The molecule has 1 aromatic rings. The molecule has 0 saturated carbocycles. The van der Waals surface area contributed by atoms with Crippen LogP contribution in [0.4, 0.5) is 10.5 Å². The number of anilines is 1. The van der Waals surface area contributed by atoms with Gasteiger partial charge in [-0.1, -0.05) is 0 Å². The smallest absolute Gasteiger partial charge is 0.411 e. The third kappa shape index (κ3) is 2.65. The summed E-state index contributed by atoms with van der Waals surface area (Å²) in [5.41, 5.74) is 1.32. The van der Waals surface area contributed by atoms with Crippen LogP contribution in [0.15, 0.2) is 18.2 Å². The SMILES string of the molecule is CCOC(=O)Nc1ccc(O)c(C)c1. The predicted molar refractivity (Wildman–Crippen MR) is 53.5 cm³/mol. The Balaban J connectivity index is 2.68. The Morgan fingerprint density at radius 2 is 2.29 bits per heavy atom. The van der Waals surface area contributed by atoms with Crippen LogP contribution in [0.3, 0.4) is 0 Å². The van der Waals surface area contributed by atoms with E-state index < -0.39 is 6.09 Å². The molecule has 0 unspecified atom stereocenters.